The Balaban J connectivity index is 2.22. The summed E-state index contributed by atoms with van der Waals surface area (Å²) in [5, 5.41) is 1.94. The number of carbonyl (C=O) groups excluding carboxylic acids is 1. The van der Waals surface area contributed by atoms with Gasteiger partial charge in [-0.25, -0.2) is 0 Å². The number of nitrogens with one attached hydrogen (secondary N) is 1. The molecule has 0 aromatic carbocycles. The normalized spacial score (nSPS) is 18.3. The number of amides is 1. The molecule has 1 aliphatic heterocycles. The predicted octanol–water partition coefficient (Wildman–Crippen LogP) is 0.515. The monoisotopic (exact) mass is 144 g/mol. The molecular formula is C5H8N2OS. The fourth-order valence-corrected chi connectivity index (χ4v) is 1.22. The maximum Gasteiger partial charge on any atom is 0.231 e. The van der Waals surface area contributed by atoms with E-state index in [9.17, 15) is 4.79 Å². The molecule has 4 heteroatoms. The molecule has 0 spiro atoms. The van der Waals surface area contributed by atoms with E-state index in [0.29, 0.717) is 0 Å². The minimum atomic E-state index is -0.0220. The molecule has 0 saturated heterocycles. The minimum absolute atomic E-state index is 0.0220. The number of hydrogen-bond donors (Lipinski definition) is 1. The van der Waals surface area contributed by atoms with Crippen molar-refractivity contribution in [3.05, 3.63) is 11.5 Å². The van der Waals surface area contributed by atoms with Crippen molar-refractivity contribution in [2.24, 2.45) is 0 Å². The second-order valence-electron chi connectivity index (χ2n) is 1.71. The van der Waals surface area contributed by atoms with Gasteiger partial charge >= 0.3 is 0 Å². The van der Waals surface area contributed by atoms with E-state index in [0.717, 1.165) is 6.54 Å². The quantitative estimate of drug-likeness (QED) is 0.544. The van der Waals surface area contributed by atoms with Crippen LogP contribution >= 0.6 is 11.9 Å². The topological polar surface area (TPSA) is 32.3 Å². The van der Waals surface area contributed by atoms with Crippen LogP contribution in [-0.2, 0) is 4.79 Å². The van der Waals surface area contributed by atoms with Crippen LogP contribution in [0.5, 0.6) is 0 Å². The number of rotatable bonds is 1. The minimum Gasteiger partial charge on any atom is -0.279 e. The van der Waals surface area contributed by atoms with Crippen molar-refractivity contribution in [3.63, 3.8) is 0 Å². The smallest absolute Gasteiger partial charge is 0.231 e. The van der Waals surface area contributed by atoms with Gasteiger partial charge in [-0.1, -0.05) is 6.08 Å². The van der Waals surface area contributed by atoms with Crippen LogP contribution < -0.4 is 5.43 Å². The summed E-state index contributed by atoms with van der Waals surface area (Å²) < 4.78 is 1.77. The Labute approximate surface area is 58.2 Å². The summed E-state index contributed by atoms with van der Waals surface area (Å²) in [5.74, 6) is -0.0220. The molecular weight excluding hydrogens is 136 g/mol. The number of hydrazine groups is 1. The van der Waals surface area contributed by atoms with Crippen LogP contribution in [0.15, 0.2) is 11.5 Å². The zero-order valence-electron chi connectivity index (χ0n) is 5.13. The van der Waals surface area contributed by atoms with Gasteiger partial charge in [-0.3, -0.25) is 10.2 Å². The van der Waals surface area contributed by atoms with E-state index in [-0.39, 0.29) is 5.91 Å². The van der Waals surface area contributed by atoms with Gasteiger partial charge in [-0.2, -0.15) is 4.41 Å². The Hall–Kier alpha value is -0.480. The van der Waals surface area contributed by atoms with Crippen molar-refractivity contribution < 1.29 is 4.79 Å². The highest BCUT2D eigenvalue weighted by Gasteiger charge is 2.06. The van der Waals surface area contributed by atoms with Gasteiger partial charge < -0.3 is 0 Å². The second-order valence-corrected chi connectivity index (χ2v) is 2.63. The third-order valence-corrected chi connectivity index (χ3v) is 1.65. The first kappa shape index (κ1) is 6.64. The molecule has 50 valence electrons. The van der Waals surface area contributed by atoms with E-state index in [2.05, 4.69) is 5.43 Å². The summed E-state index contributed by atoms with van der Waals surface area (Å²) in [6, 6.07) is 0. The number of nitrogens with zero attached hydrogens (tertiary/aromatic N) is 1. The third kappa shape index (κ3) is 2.07. The van der Waals surface area contributed by atoms with Crippen LogP contribution in [0.3, 0.4) is 0 Å². The fourth-order valence-electron chi connectivity index (χ4n) is 0.546. The first-order chi connectivity index (χ1) is 4.29. The molecule has 1 rings (SSSR count). The highest BCUT2D eigenvalue weighted by molar-refractivity contribution is 8.00. The Morgan fingerprint density at radius 3 is 3.11 bits per heavy atom. The fraction of sp³-hybridized carbons (Fsp3) is 0.400. The molecule has 1 N–H and O–H groups in total. The molecule has 9 heavy (non-hydrogen) atoms. The van der Waals surface area contributed by atoms with Crippen molar-refractivity contribution in [2.45, 2.75) is 6.92 Å². The summed E-state index contributed by atoms with van der Waals surface area (Å²) in [7, 11) is 0. The zero-order chi connectivity index (χ0) is 6.69. The third-order valence-electron chi connectivity index (χ3n) is 0.838. The van der Waals surface area contributed by atoms with Crippen molar-refractivity contribution in [3.8, 4) is 0 Å². The highest BCUT2D eigenvalue weighted by Crippen LogP contribution is 2.13. The van der Waals surface area contributed by atoms with Crippen molar-refractivity contribution in [1.82, 2.24) is 9.84 Å². The van der Waals surface area contributed by atoms with Crippen molar-refractivity contribution in [2.75, 3.05) is 6.54 Å². The SMILES string of the molecule is CC(=O)NN1CC=CS1. The maximum atomic E-state index is 10.4. The van der Waals surface area contributed by atoms with Crippen molar-refractivity contribution in [1.29, 1.82) is 0 Å². The lowest BCUT2D eigenvalue weighted by atomic mass is 10.6. The summed E-state index contributed by atoms with van der Waals surface area (Å²) >= 11 is 1.49. The van der Waals surface area contributed by atoms with E-state index in [1.54, 1.807) is 4.41 Å². The Morgan fingerprint density at radius 2 is 2.67 bits per heavy atom. The van der Waals surface area contributed by atoms with Gasteiger partial charge in [0.05, 0.1) is 0 Å². The van der Waals surface area contributed by atoms with Gasteiger partial charge in [0.2, 0.25) is 5.91 Å². The lowest BCUT2D eigenvalue weighted by molar-refractivity contribution is -0.121. The number of hydrogen-bond acceptors (Lipinski definition) is 3. The summed E-state index contributed by atoms with van der Waals surface area (Å²) in [6.07, 6.45) is 1.99. The maximum absolute atomic E-state index is 10.4. The Kier molecular flexibility index (Phi) is 2.13. The summed E-state index contributed by atoms with van der Waals surface area (Å²) in [6.45, 7) is 2.29. The van der Waals surface area contributed by atoms with Crippen LogP contribution in [-0.4, -0.2) is 16.9 Å². The van der Waals surface area contributed by atoms with Crippen LogP contribution in [0.2, 0.25) is 0 Å². The van der Waals surface area contributed by atoms with Gasteiger partial charge in [0.25, 0.3) is 0 Å². The lowest BCUT2D eigenvalue weighted by Gasteiger charge is -2.11. The summed E-state index contributed by atoms with van der Waals surface area (Å²) in [5.41, 5.74) is 2.64. The van der Waals surface area contributed by atoms with Gasteiger partial charge in [0.15, 0.2) is 0 Å². The molecule has 0 saturated carbocycles. The van der Waals surface area contributed by atoms with Crippen LogP contribution in [0.25, 0.3) is 0 Å². The van der Waals surface area contributed by atoms with Gasteiger partial charge in [0.1, 0.15) is 0 Å². The molecule has 1 heterocycles. The highest BCUT2D eigenvalue weighted by atomic mass is 32.2. The first-order valence-corrected chi connectivity index (χ1v) is 3.49. The summed E-state index contributed by atoms with van der Waals surface area (Å²) in [4.78, 5) is 10.4. The molecule has 1 aliphatic rings. The standard InChI is InChI=1S/C5H8N2OS/c1-5(8)6-7-3-2-4-9-7/h2,4H,3H2,1H3,(H,6,8). The second kappa shape index (κ2) is 2.89. The molecule has 0 aromatic heterocycles. The number of carbonyl (C=O) groups is 1. The van der Waals surface area contributed by atoms with E-state index >= 15 is 0 Å². The van der Waals surface area contributed by atoms with Gasteiger partial charge in [0, 0.05) is 13.5 Å². The van der Waals surface area contributed by atoms with E-state index in [4.69, 9.17) is 0 Å². The Bertz CT molecular complexity index is 138. The molecule has 0 fully saturated rings. The van der Waals surface area contributed by atoms with E-state index in [1.165, 1.54) is 18.9 Å². The molecule has 0 bridgehead atoms. The first-order valence-electron chi connectivity index (χ1n) is 2.65. The molecule has 0 aliphatic carbocycles. The largest absolute Gasteiger partial charge is 0.279 e. The molecule has 1 amide bonds. The molecule has 3 nitrogen and oxygen atoms in total. The molecule has 0 radical (unpaired) electrons. The zero-order valence-corrected chi connectivity index (χ0v) is 5.94. The molecule has 0 atom stereocenters. The average Bonchev–Trinajstić information content (AvgIpc) is 2.15. The van der Waals surface area contributed by atoms with E-state index < -0.39 is 0 Å². The lowest BCUT2D eigenvalue weighted by Crippen LogP contribution is -2.33. The van der Waals surface area contributed by atoms with Crippen LogP contribution in [0, 0.1) is 0 Å². The van der Waals surface area contributed by atoms with E-state index in [1.807, 2.05) is 11.5 Å². The molecule has 0 unspecified atom stereocenters. The van der Waals surface area contributed by atoms with Gasteiger partial charge in [-0.05, 0) is 17.4 Å². The van der Waals surface area contributed by atoms with Crippen molar-refractivity contribution >= 4 is 17.9 Å². The average molecular weight is 144 g/mol. The van der Waals surface area contributed by atoms with Crippen LogP contribution in [0.1, 0.15) is 6.92 Å². The van der Waals surface area contributed by atoms with Gasteiger partial charge in [-0.15, -0.1) is 0 Å². The predicted molar refractivity (Wildman–Crippen MR) is 37.3 cm³/mol. The molecule has 0 aromatic rings. The Morgan fingerprint density at radius 1 is 1.89 bits per heavy atom. The van der Waals surface area contributed by atoms with Crippen LogP contribution in [0.4, 0.5) is 0 Å².